The van der Waals surface area contributed by atoms with Crippen LogP contribution in [-0.4, -0.2) is 71.8 Å². The van der Waals surface area contributed by atoms with Crippen molar-refractivity contribution in [1.82, 2.24) is 10.2 Å². The van der Waals surface area contributed by atoms with E-state index in [0.717, 1.165) is 19.3 Å². The summed E-state index contributed by atoms with van der Waals surface area (Å²) < 4.78 is 5.56. The summed E-state index contributed by atoms with van der Waals surface area (Å²) in [6.45, 7) is 8.01. The molecule has 2 fully saturated rings. The van der Waals surface area contributed by atoms with Crippen LogP contribution in [0.4, 0.5) is 0 Å². The van der Waals surface area contributed by atoms with Gasteiger partial charge < -0.3 is 19.8 Å². The quantitative estimate of drug-likeness (QED) is 0.135. The molecule has 10 heteroatoms. The first kappa shape index (κ1) is 30.9. The van der Waals surface area contributed by atoms with Gasteiger partial charge in [0, 0.05) is 38.9 Å². The smallest absolute Gasteiger partial charge is 0.317 e. The fraction of sp³-hybridized carbons (Fsp3) is 0.643. The average Bonchev–Trinajstić information content (AvgIpc) is 2.83. The van der Waals surface area contributed by atoms with Crippen LogP contribution in [0.3, 0.4) is 0 Å². The van der Waals surface area contributed by atoms with Crippen LogP contribution in [0.1, 0.15) is 72.6 Å². The Morgan fingerprint density at radius 2 is 1.87 bits per heavy atom. The maximum atomic E-state index is 13.0. The summed E-state index contributed by atoms with van der Waals surface area (Å²) >= 11 is 0. The van der Waals surface area contributed by atoms with Gasteiger partial charge >= 0.3 is 5.97 Å². The number of carbonyl (C=O) groups excluding carboxylic acids is 5. The maximum Gasteiger partial charge on any atom is 0.317 e. The van der Waals surface area contributed by atoms with E-state index < -0.39 is 29.7 Å². The van der Waals surface area contributed by atoms with E-state index in [1.54, 1.807) is 37.0 Å². The Morgan fingerprint density at radius 1 is 1.16 bits per heavy atom. The molecule has 38 heavy (non-hydrogen) atoms. The predicted octanol–water partition coefficient (Wildman–Crippen LogP) is 2.90. The second-order valence-corrected chi connectivity index (χ2v) is 10.0. The van der Waals surface area contributed by atoms with Crippen molar-refractivity contribution in [2.75, 3.05) is 19.7 Å². The van der Waals surface area contributed by atoms with Crippen LogP contribution in [0.25, 0.3) is 0 Å². The number of nitrogens with one attached hydrogen (secondary N) is 1. The first-order valence-electron chi connectivity index (χ1n) is 13.4. The molecule has 1 heterocycles. The summed E-state index contributed by atoms with van der Waals surface area (Å²) in [5.74, 6) is -3.32. The molecule has 2 rings (SSSR count). The molecule has 0 aromatic heterocycles. The second kappa shape index (κ2) is 15.8. The van der Waals surface area contributed by atoms with Crippen molar-refractivity contribution in [2.24, 2.45) is 17.0 Å². The van der Waals surface area contributed by atoms with Gasteiger partial charge in [-0.2, -0.15) is 0 Å². The molecule has 1 aliphatic carbocycles. The Morgan fingerprint density at radius 3 is 2.53 bits per heavy atom. The lowest BCUT2D eigenvalue weighted by Crippen LogP contribution is -2.41. The van der Waals surface area contributed by atoms with Crippen molar-refractivity contribution in [1.29, 1.82) is 0 Å². The molecular weight excluding hydrogens is 490 g/mol. The summed E-state index contributed by atoms with van der Waals surface area (Å²) in [5, 5.41) is 6.83. The summed E-state index contributed by atoms with van der Waals surface area (Å²) in [5.41, 5.74) is 0.437. The molecule has 2 amide bonds. The lowest BCUT2D eigenvalue weighted by atomic mass is 9.75. The third-order valence-electron chi connectivity index (χ3n) is 6.48. The Labute approximate surface area is 224 Å². The Balaban J connectivity index is 2.01. The molecule has 0 aromatic rings. The largest absolute Gasteiger partial charge is 0.462 e. The van der Waals surface area contributed by atoms with Crippen molar-refractivity contribution < 1.29 is 33.5 Å². The van der Waals surface area contributed by atoms with Crippen molar-refractivity contribution in [2.45, 2.75) is 84.8 Å². The zero-order chi connectivity index (χ0) is 28.1. The molecule has 0 aromatic carbocycles. The monoisotopic (exact) mass is 531 g/mol. The number of likely N-dealkylation sites (tertiary alicyclic amines) is 1. The van der Waals surface area contributed by atoms with E-state index >= 15 is 0 Å². The van der Waals surface area contributed by atoms with Gasteiger partial charge in [0.05, 0.1) is 12.1 Å². The molecule has 4 atom stereocenters. The number of ether oxygens (including phenoxy) is 1. The molecule has 0 spiro atoms. The first-order valence-corrected chi connectivity index (χ1v) is 13.4. The van der Waals surface area contributed by atoms with Crippen molar-refractivity contribution in [3.05, 3.63) is 24.3 Å². The van der Waals surface area contributed by atoms with E-state index in [4.69, 9.17) is 9.57 Å². The summed E-state index contributed by atoms with van der Waals surface area (Å²) in [7, 11) is 0. The Kier molecular flexibility index (Phi) is 12.9. The number of ketones is 2. The Hall–Kier alpha value is -3.30. The number of hydrogen-bond acceptors (Lipinski definition) is 8. The Bertz CT molecular complexity index is 950. The van der Waals surface area contributed by atoms with E-state index in [0.29, 0.717) is 25.2 Å². The van der Waals surface area contributed by atoms with Gasteiger partial charge in [-0.25, -0.2) is 0 Å². The lowest BCUT2D eigenvalue weighted by Gasteiger charge is -2.29. The highest BCUT2D eigenvalue weighted by atomic mass is 16.6. The predicted molar refractivity (Wildman–Crippen MR) is 142 cm³/mol. The van der Waals surface area contributed by atoms with Crippen molar-refractivity contribution in [3.8, 4) is 0 Å². The van der Waals surface area contributed by atoms with Crippen LogP contribution in [0.15, 0.2) is 29.5 Å². The van der Waals surface area contributed by atoms with Crippen LogP contribution >= 0.6 is 0 Å². The van der Waals surface area contributed by atoms with Gasteiger partial charge in [0.2, 0.25) is 5.91 Å². The fourth-order valence-electron chi connectivity index (χ4n) is 4.73. The van der Waals surface area contributed by atoms with Gasteiger partial charge in [-0.05, 0) is 58.4 Å². The van der Waals surface area contributed by atoms with Crippen molar-refractivity contribution >= 4 is 35.1 Å². The van der Waals surface area contributed by atoms with Crippen LogP contribution < -0.4 is 5.32 Å². The molecule has 1 aliphatic heterocycles. The second-order valence-electron chi connectivity index (χ2n) is 10.0. The molecule has 210 valence electrons. The van der Waals surface area contributed by atoms with E-state index in [1.165, 1.54) is 6.92 Å². The summed E-state index contributed by atoms with van der Waals surface area (Å²) in [6.07, 6.45) is 9.92. The minimum atomic E-state index is -1.08. The van der Waals surface area contributed by atoms with Crippen LogP contribution in [0, 0.1) is 11.8 Å². The number of rotatable bonds is 12. The van der Waals surface area contributed by atoms with Crippen LogP contribution in [0.2, 0.25) is 0 Å². The van der Waals surface area contributed by atoms with Crippen LogP contribution in [0.5, 0.6) is 0 Å². The molecule has 4 unspecified atom stereocenters. The normalized spacial score (nSPS) is 22.4. The SMILES string of the molecule is CC=CC(CC1CC(=O)CC(=O)C1C(=O)OC(C)CC=CC(C)NC(C)=O)=NOCC(=O)N1CCCCC1. The van der Waals surface area contributed by atoms with Crippen LogP contribution in [-0.2, 0) is 33.5 Å². The van der Waals surface area contributed by atoms with Gasteiger partial charge in [-0.15, -0.1) is 0 Å². The highest BCUT2D eigenvalue weighted by molar-refractivity contribution is 6.11. The van der Waals surface area contributed by atoms with E-state index in [2.05, 4.69) is 10.5 Å². The fourth-order valence-corrected chi connectivity index (χ4v) is 4.73. The third-order valence-corrected chi connectivity index (χ3v) is 6.48. The number of piperidine rings is 1. The molecule has 10 nitrogen and oxygen atoms in total. The standard InChI is InChI=1S/C28H41N3O7/c1-5-10-23(30-37-18-26(35)31-13-7-6-8-14-31)15-22-16-24(33)17-25(34)27(22)28(36)38-20(3)12-9-11-19(2)29-21(4)32/h5,9-11,19-20,22,27H,6-8,12-18H2,1-4H3,(H,29,32). The molecule has 2 aliphatic rings. The average molecular weight is 532 g/mol. The number of amides is 2. The number of nitrogens with zero attached hydrogens (tertiary/aromatic N) is 2. The lowest BCUT2D eigenvalue weighted by molar-refractivity contribution is -0.160. The maximum absolute atomic E-state index is 13.0. The van der Waals surface area contributed by atoms with Gasteiger partial charge in [-0.3, -0.25) is 24.0 Å². The van der Waals surface area contributed by atoms with E-state index in [9.17, 15) is 24.0 Å². The van der Waals surface area contributed by atoms with E-state index in [-0.39, 0.29) is 49.5 Å². The zero-order valence-corrected chi connectivity index (χ0v) is 22.9. The van der Waals surface area contributed by atoms with Gasteiger partial charge in [0.1, 0.15) is 17.8 Å². The molecule has 0 radical (unpaired) electrons. The van der Waals surface area contributed by atoms with Crippen molar-refractivity contribution in [3.63, 3.8) is 0 Å². The minimum absolute atomic E-state index is 0.0529. The number of hydrogen-bond donors (Lipinski definition) is 1. The minimum Gasteiger partial charge on any atom is -0.462 e. The molecule has 1 saturated carbocycles. The first-order chi connectivity index (χ1) is 18.1. The molecular formula is C28H41N3O7. The molecule has 1 N–H and O–H groups in total. The van der Waals surface area contributed by atoms with Gasteiger partial charge in [0.15, 0.2) is 12.4 Å². The highest BCUT2D eigenvalue weighted by Gasteiger charge is 2.42. The summed E-state index contributed by atoms with van der Waals surface area (Å²) in [6, 6.07) is -0.160. The topological polar surface area (TPSA) is 131 Å². The number of Topliss-reactive ketones (excluding diaryl/α,β-unsaturated/α-hetero) is 2. The summed E-state index contributed by atoms with van der Waals surface area (Å²) in [4.78, 5) is 68.6. The van der Waals surface area contributed by atoms with Gasteiger partial charge in [-0.1, -0.05) is 23.4 Å². The number of carbonyl (C=O) groups is 5. The zero-order valence-electron chi connectivity index (χ0n) is 22.9. The number of allylic oxidation sites excluding steroid dienone is 2. The number of oxime groups is 1. The third kappa shape index (κ3) is 10.6. The highest BCUT2D eigenvalue weighted by Crippen LogP contribution is 2.30. The van der Waals surface area contributed by atoms with Gasteiger partial charge in [0.25, 0.3) is 5.91 Å². The van der Waals surface area contributed by atoms with E-state index in [1.807, 2.05) is 13.0 Å². The molecule has 1 saturated heterocycles. The number of esters is 1. The molecule has 0 bridgehead atoms.